The maximum Gasteiger partial charge on any atom is 0.0739 e. The predicted octanol–water partition coefficient (Wildman–Crippen LogP) is 12.0. The van der Waals surface area contributed by atoms with Crippen molar-refractivity contribution < 1.29 is 0 Å². The molecule has 3 unspecified atom stereocenters. The molecule has 2 aliphatic carbocycles. The minimum Gasteiger partial charge on any atom is -0.308 e. The lowest BCUT2D eigenvalue weighted by Crippen LogP contribution is -2.44. The van der Waals surface area contributed by atoms with Gasteiger partial charge >= 0.3 is 0 Å². The molecule has 0 N–H and O–H groups in total. The van der Waals surface area contributed by atoms with Crippen LogP contribution in [0.5, 0.6) is 0 Å². The van der Waals surface area contributed by atoms with Gasteiger partial charge in [-0.1, -0.05) is 153 Å². The van der Waals surface area contributed by atoms with E-state index in [-0.39, 0.29) is 5.92 Å². The summed E-state index contributed by atoms with van der Waals surface area (Å²) in [5.41, 5.74) is 12.5. The quantitative estimate of drug-likeness (QED) is 0.170. The van der Waals surface area contributed by atoms with Crippen LogP contribution in [0.2, 0.25) is 0 Å². The Morgan fingerprint density at radius 1 is 0.617 bits per heavy atom. The van der Waals surface area contributed by atoms with Gasteiger partial charge in [0.15, 0.2) is 0 Å². The van der Waals surface area contributed by atoms with Crippen LogP contribution in [0, 0.1) is 5.92 Å². The molecule has 0 saturated carbocycles. The number of halogens is 2. The summed E-state index contributed by atoms with van der Waals surface area (Å²) in [5.74, 6) is 0.235. The highest BCUT2D eigenvalue weighted by Gasteiger charge is 2.54. The molecule has 0 fully saturated rings. The van der Waals surface area contributed by atoms with E-state index in [4.69, 9.17) is 0 Å². The van der Waals surface area contributed by atoms with Gasteiger partial charge in [0.05, 0.1) is 27.6 Å². The van der Waals surface area contributed by atoms with E-state index >= 15 is 0 Å². The smallest absolute Gasteiger partial charge is 0.0739 e. The van der Waals surface area contributed by atoms with Crippen molar-refractivity contribution in [3.05, 3.63) is 194 Å². The number of nitrogens with zero attached hydrogens (tertiary/aromatic N) is 1. The molecule has 10 rings (SSSR count). The third-order valence-corrected chi connectivity index (χ3v) is 12.1. The number of hydrogen-bond acceptors (Lipinski definition) is 0. The Morgan fingerprint density at radius 2 is 1.30 bits per heavy atom. The van der Waals surface area contributed by atoms with Crippen molar-refractivity contribution >= 4 is 53.7 Å². The van der Waals surface area contributed by atoms with E-state index in [9.17, 15) is 0 Å². The summed E-state index contributed by atoms with van der Waals surface area (Å²) in [6.45, 7) is 0. The van der Waals surface area contributed by atoms with Crippen molar-refractivity contribution in [3.63, 3.8) is 0 Å². The van der Waals surface area contributed by atoms with Crippen molar-refractivity contribution in [1.82, 2.24) is 4.57 Å². The molecule has 6 aromatic rings. The highest BCUT2D eigenvalue weighted by atomic mass is 79.9. The van der Waals surface area contributed by atoms with Crippen LogP contribution in [0.3, 0.4) is 0 Å². The third-order valence-electron chi connectivity index (χ3n) is 11.2. The second-order valence-electron chi connectivity index (χ2n) is 13.3. The molecule has 47 heavy (non-hydrogen) atoms. The van der Waals surface area contributed by atoms with Crippen LogP contribution < -0.4 is 0 Å². The van der Waals surface area contributed by atoms with Crippen molar-refractivity contribution in [2.24, 2.45) is 5.92 Å². The van der Waals surface area contributed by atoms with Crippen LogP contribution in [0.25, 0.3) is 27.5 Å². The molecule has 1 nitrogen and oxygen atoms in total. The van der Waals surface area contributed by atoms with Crippen LogP contribution in [0.4, 0.5) is 0 Å². The molecule has 3 heteroatoms. The van der Waals surface area contributed by atoms with Crippen LogP contribution >= 0.6 is 31.9 Å². The number of allylic oxidation sites excluding steroid dienone is 8. The molecule has 0 radical (unpaired) electrons. The summed E-state index contributed by atoms with van der Waals surface area (Å²) in [4.78, 5) is 0. The van der Waals surface area contributed by atoms with Crippen LogP contribution in [-0.2, 0) is 10.8 Å². The number of para-hydroxylation sites is 1. The summed E-state index contributed by atoms with van der Waals surface area (Å²) in [6.07, 6.45) is 19.6. The average molecular weight is 734 g/mol. The monoisotopic (exact) mass is 731 g/mol. The van der Waals surface area contributed by atoms with Gasteiger partial charge in [-0.05, 0) is 88.4 Å². The Morgan fingerprint density at radius 3 is 1.98 bits per heavy atom. The van der Waals surface area contributed by atoms with Gasteiger partial charge in [-0.3, -0.25) is 0 Å². The van der Waals surface area contributed by atoms with Crippen LogP contribution in [0.1, 0.15) is 52.6 Å². The lowest BCUT2D eigenvalue weighted by molar-refractivity contribution is 0.443. The molecule has 4 aliphatic rings. The molecular weight excluding hydrogens is 702 g/mol. The van der Waals surface area contributed by atoms with E-state index in [0.717, 1.165) is 28.2 Å². The molecule has 1 aromatic heterocycles. The van der Waals surface area contributed by atoms with Gasteiger partial charge in [-0.15, -0.1) is 0 Å². The fourth-order valence-corrected chi connectivity index (χ4v) is 10.5. The Bertz CT molecular complexity index is 2410. The molecule has 0 amide bonds. The van der Waals surface area contributed by atoms with E-state index in [1.165, 1.54) is 66.4 Å². The maximum atomic E-state index is 4.03. The number of aromatic nitrogens is 1. The summed E-state index contributed by atoms with van der Waals surface area (Å²) in [7, 11) is 0. The maximum absolute atomic E-state index is 4.03. The summed E-state index contributed by atoms with van der Waals surface area (Å²) in [5, 5.41) is 2.58. The topological polar surface area (TPSA) is 4.93 Å². The molecule has 226 valence electrons. The number of benzene rings is 5. The van der Waals surface area contributed by atoms with Crippen molar-refractivity contribution in [3.8, 4) is 5.69 Å². The first kappa shape index (κ1) is 27.9. The standard InChI is InChI=1S/C44H31Br2N/c45-32-24-34-35-25-33(46)27-39-41(35)47-40(34)38(26-32)43(28-14-5-1-6-15-28,29-16-7-2-8-17-29)36-22-13-23-37(42(36)47)44(39,30-18-9-3-10-19-30)31-20-11-4-12-21-31/h1-3,5-11,13-16,18-27,29H,4,12,17H2. The zero-order chi connectivity index (χ0) is 31.3. The van der Waals surface area contributed by atoms with Crippen molar-refractivity contribution in [1.29, 1.82) is 0 Å². The Hall–Kier alpha value is -4.18. The zero-order valence-corrected chi connectivity index (χ0v) is 28.9. The lowest BCUT2D eigenvalue weighted by atomic mass is 9.56. The van der Waals surface area contributed by atoms with Gasteiger partial charge in [0, 0.05) is 19.7 Å². The second-order valence-corrected chi connectivity index (χ2v) is 15.2. The van der Waals surface area contributed by atoms with Crippen molar-refractivity contribution in [2.75, 3.05) is 0 Å². The molecule has 0 bridgehead atoms. The van der Waals surface area contributed by atoms with Gasteiger partial charge in [0.25, 0.3) is 0 Å². The molecule has 2 aliphatic heterocycles. The molecule has 0 spiro atoms. The molecule has 0 saturated heterocycles. The largest absolute Gasteiger partial charge is 0.308 e. The summed E-state index contributed by atoms with van der Waals surface area (Å²) < 4.78 is 4.87. The van der Waals surface area contributed by atoms with E-state index in [1.807, 2.05) is 0 Å². The molecule has 3 atom stereocenters. The Balaban J connectivity index is 1.51. The van der Waals surface area contributed by atoms with E-state index in [1.54, 1.807) is 0 Å². The first-order chi connectivity index (χ1) is 23.1. The summed E-state index contributed by atoms with van der Waals surface area (Å²) in [6, 6.07) is 39.3. The van der Waals surface area contributed by atoms with Gasteiger partial charge in [0.1, 0.15) is 0 Å². The first-order valence-corrected chi connectivity index (χ1v) is 18.2. The molecule has 3 heterocycles. The number of fused-ring (bicyclic) bond motifs is 1. The van der Waals surface area contributed by atoms with Crippen molar-refractivity contribution in [2.45, 2.75) is 30.1 Å². The second kappa shape index (κ2) is 10.2. The molecular formula is C44H31Br2N. The molecule has 5 aromatic carbocycles. The number of hydrogen-bond donors (Lipinski definition) is 0. The normalized spacial score (nSPS) is 23.5. The van der Waals surface area contributed by atoms with E-state index in [0.29, 0.717) is 0 Å². The SMILES string of the molecule is Brc1cc2c3c(c1)c1cc(Br)cc4c1n3-c1c(cccc1C4(c1ccccc1)C1C=CC=CC1)C2(C1=CCCC=C1)c1ccccc1. The summed E-state index contributed by atoms with van der Waals surface area (Å²) >= 11 is 8.06. The van der Waals surface area contributed by atoms with E-state index in [2.05, 4.69) is 182 Å². The highest BCUT2D eigenvalue weighted by molar-refractivity contribution is 9.10. The predicted molar refractivity (Wildman–Crippen MR) is 202 cm³/mol. The van der Waals surface area contributed by atoms with E-state index < -0.39 is 10.8 Å². The average Bonchev–Trinajstić information content (AvgIpc) is 3.45. The lowest BCUT2D eigenvalue weighted by Gasteiger charge is -2.50. The number of rotatable bonds is 4. The highest BCUT2D eigenvalue weighted by Crippen LogP contribution is 2.63. The van der Waals surface area contributed by atoms with Gasteiger partial charge in [-0.2, -0.15) is 0 Å². The van der Waals surface area contributed by atoms with Crippen LogP contribution in [0.15, 0.2) is 160 Å². The zero-order valence-electron chi connectivity index (χ0n) is 25.8. The fraction of sp³-hybridized carbons (Fsp3) is 0.136. The van der Waals surface area contributed by atoms with Gasteiger partial charge < -0.3 is 4.57 Å². The van der Waals surface area contributed by atoms with Gasteiger partial charge in [0.2, 0.25) is 0 Å². The van der Waals surface area contributed by atoms with Crippen LogP contribution in [-0.4, -0.2) is 4.57 Å². The minimum absolute atomic E-state index is 0.235. The van der Waals surface area contributed by atoms with Gasteiger partial charge in [-0.25, -0.2) is 0 Å². The Kier molecular flexibility index (Phi) is 6.03. The first-order valence-electron chi connectivity index (χ1n) is 16.6. The third kappa shape index (κ3) is 3.49. The Labute approximate surface area is 291 Å². The minimum atomic E-state index is -0.491. The fourth-order valence-electron chi connectivity index (χ4n) is 9.60.